The molecule has 0 saturated carbocycles. The SMILES string of the molecule is Cc1cc(N(CCO)C(C)C)nc2ccc(C#Cc3ccc(-c4ccc(Cl)cc4)cn3)cc12. The van der Waals surface area contributed by atoms with E-state index in [9.17, 15) is 5.11 Å². The van der Waals surface area contributed by atoms with Crippen molar-refractivity contribution in [1.82, 2.24) is 9.97 Å². The van der Waals surface area contributed by atoms with Crippen LogP contribution in [0.15, 0.2) is 66.9 Å². The van der Waals surface area contributed by atoms with Crippen LogP contribution >= 0.6 is 11.6 Å². The van der Waals surface area contributed by atoms with E-state index in [-0.39, 0.29) is 12.6 Å². The lowest BCUT2D eigenvalue weighted by Crippen LogP contribution is -2.34. The summed E-state index contributed by atoms with van der Waals surface area (Å²) in [5.74, 6) is 7.26. The molecule has 0 aliphatic rings. The zero-order valence-electron chi connectivity index (χ0n) is 19.0. The number of fused-ring (bicyclic) bond motifs is 1. The third-order valence-corrected chi connectivity index (χ3v) is 5.79. The van der Waals surface area contributed by atoms with Gasteiger partial charge in [0, 0.05) is 40.3 Å². The van der Waals surface area contributed by atoms with Crippen LogP contribution in [0.1, 0.15) is 30.7 Å². The molecule has 0 aliphatic heterocycles. The number of aliphatic hydroxyl groups excluding tert-OH is 1. The van der Waals surface area contributed by atoms with Crippen LogP contribution in [0, 0.1) is 18.8 Å². The smallest absolute Gasteiger partial charge is 0.129 e. The van der Waals surface area contributed by atoms with Gasteiger partial charge < -0.3 is 10.0 Å². The van der Waals surface area contributed by atoms with Crippen LogP contribution in [0.2, 0.25) is 5.02 Å². The fourth-order valence-corrected chi connectivity index (χ4v) is 3.89. The Labute approximate surface area is 199 Å². The molecular formula is C28H26ClN3O. The molecule has 0 unspecified atom stereocenters. The highest BCUT2D eigenvalue weighted by molar-refractivity contribution is 6.30. The van der Waals surface area contributed by atoms with E-state index in [1.165, 1.54) is 0 Å². The molecule has 33 heavy (non-hydrogen) atoms. The van der Waals surface area contributed by atoms with Gasteiger partial charge in [-0.3, -0.25) is 0 Å². The van der Waals surface area contributed by atoms with Crippen LogP contribution in [-0.4, -0.2) is 34.3 Å². The summed E-state index contributed by atoms with van der Waals surface area (Å²) in [7, 11) is 0. The largest absolute Gasteiger partial charge is 0.395 e. The fraction of sp³-hybridized carbons (Fsp3) is 0.214. The molecule has 2 aromatic carbocycles. The van der Waals surface area contributed by atoms with Crippen molar-refractivity contribution in [3.8, 4) is 23.0 Å². The Hall–Kier alpha value is -3.39. The van der Waals surface area contributed by atoms with E-state index in [1.54, 1.807) is 0 Å². The number of aliphatic hydroxyl groups is 1. The quantitative estimate of drug-likeness (QED) is 0.382. The topological polar surface area (TPSA) is 49.2 Å². The Kier molecular flexibility index (Phi) is 6.93. The van der Waals surface area contributed by atoms with E-state index in [0.29, 0.717) is 11.6 Å². The Bertz CT molecular complexity index is 1320. The molecule has 0 bridgehead atoms. The zero-order chi connectivity index (χ0) is 23.4. The zero-order valence-corrected chi connectivity index (χ0v) is 19.8. The van der Waals surface area contributed by atoms with Crippen molar-refractivity contribution in [3.63, 3.8) is 0 Å². The Balaban J connectivity index is 1.58. The number of hydrogen-bond donors (Lipinski definition) is 1. The Morgan fingerprint density at radius 3 is 2.39 bits per heavy atom. The van der Waals surface area contributed by atoms with Crippen LogP contribution in [0.3, 0.4) is 0 Å². The van der Waals surface area contributed by atoms with Crippen molar-refractivity contribution in [1.29, 1.82) is 0 Å². The lowest BCUT2D eigenvalue weighted by Gasteiger charge is -2.27. The highest BCUT2D eigenvalue weighted by Gasteiger charge is 2.13. The standard InChI is InChI=1S/C28H26ClN3O/c1-19(2)32(14-15-33)28-16-20(3)26-17-21(5-13-27(26)31-28)4-11-25-12-8-23(18-30-25)22-6-9-24(29)10-7-22/h5-10,12-13,16-19,33H,14-15H2,1-3H3. The van der Waals surface area contributed by atoms with Crippen LogP contribution in [-0.2, 0) is 0 Å². The summed E-state index contributed by atoms with van der Waals surface area (Å²) in [6.45, 7) is 6.94. The maximum Gasteiger partial charge on any atom is 0.129 e. The van der Waals surface area contributed by atoms with E-state index in [1.807, 2.05) is 54.7 Å². The summed E-state index contributed by atoms with van der Waals surface area (Å²) in [6, 6.07) is 20.0. The van der Waals surface area contributed by atoms with Crippen molar-refractivity contribution >= 4 is 28.3 Å². The van der Waals surface area contributed by atoms with Gasteiger partial charge in [0.2, 0.25) is 0 Å². The third-order valence-electron chi connectivity index (χ3n) is 5.54. The first-order chi connectivity index (χ1) is 15.9. The number of hydrogen-bond acceptors (Lipinski definition) is 4. The number of aromatic nitrogens is 2. The maximum absolute atomic E-state index is 9.41. The summed E-state index contributed by atoms with van der Waals surface area (Å²) in [4.78, 5) is 11.4. The van der Waals surface area contributed by atoms with Crippen molar-refractivity contribution < 1.29 is 5.11 Å². The highest BCUT2D eigenvalue weighted by Crippen LogP contribution is 2.25. The first-order valence-corrected chi connectivity index (χ1v) is 11.4. The summed E-state index contributed by atoms with van der Waals surface area (Å²) in [6.07, 6.45) is 1.83. The Morgan fingerprint density at radius 2 is 1.73 bits per heavy atom. The summed E-state index contributed by atoms with van der Waals surface area (Å²) in [5, 5.41) is 11.2. The molecule has 0 fully saturated rings. The molecule has 0 radical (unpaired) electrons. The van der Waals surface area contributed by atoms with Gasteiger partial charge in [0.15, 0.2) is 0 Å². The van der Waals surface area contributed by atoms with Gasteiger partial charge in [0.1, 0.15) is 11.5 Å². The average Bonchev–Trinajstić information content (AvgIpc) is 2.82. The van der Waals surface area contributed by atoms with Crippen molar-refractivity contribution in [2.45, 2.75) is 26.8 Å². The van der Waals surface area contributed by atoms with E-state index in [4.69, 9.17) is 16.6 Å². The van der Waals surface area contributed by atoms with Crippen molar-refractivity contribution in [3.05, 3.63) is 88.7 Å². The molecule has 4 rings (SSSR count). The van der Waals surface area contributed by atoms with E-state index in [2.05, 4.69) is 54.6 Å². The van der Waals surface area contributed by atoms with E-state index < -0.39 is 0 Å². The maximum atomic E-state index is 9.41. The van der Waals surface area contributed by atoms with Crippen molar-refractivity contribution in [2.24, 2.45) is 0 Å². The van der Waals surface area contributed by atoms with Gasteiger partial charge in [-0.1, -0.05) is 35.7 Å². The summed E-state index contributed by atoms with van der Waals surface area (Å²) in [5.41, 5.74) is 5.78. The average molecular weight is 456 g/mol. The summed E-state index contributed by atoms with van der Waals surface area (Å²) >= 11 is 5.97. The molecule has 4 nitrogen and oxygen atoms in total. The minimum atomic E-state index is 0.0974. The van der Waals surface area contributed by atoms with Gasteiger partial charge in [-0.2, -0.15) is 0 Å². The van der Waals surface area contributed by atoms with Gasteiger partial charge in [-0.05, 0) is 80.3 Å². The van der Waals surface area contributed by atoms with Crippen LogP contribution in [0.25, 0.3) is 22.0 Å². The second kappa shape index (κ2) is 10.0. The van der Waals surface area contributed by atoms with Gasteiger partial charge in [-0.15, -0.1) is 0 Å². The molecule has 5 heteroatoms. The lowest BCUT2D eigenvalue weighted by atomic mass is 10.1. The predicted molar refractivity (Wildman–Crippen MR) is 137 cm³/mol. The van der Waals surface area contributed by atoms with Crippen molar-refractivity contribution in [2.75, 3.05) is 18.1 Å². The normalized spacial score (nSPS) is 10.8. The highest BCUT2D eigenvalue weighted by atomic mass is 35.5. The molecule has 1 N–H and O–H groups in total. The molecule has 0 aliphatic carbocycles. The molecular weight excluding hydrogens is 430 g/mol. The minimum Gasteiger partial charge on any atom is -0.395 e. The monoisotopic (exact) mass is 455 g/mol. The minimum absolute atomic E-state index is 0.0974. The van der Waals surface area contributed by atoms with Gasteiger partial charge in [0.25, 0.3) is 0 Å². The Morgan fingerprint density at radius 1 is 0.970 bits per heavy atom. The van der Waals surface area contributed by atoms with Gasteiger partial charge >= 0.3 is 0 Å². The molecule has 166 valence electrons. The molecule has 0 spiro atoms. The van der Waals surface area contributed by atoms with E-state index in [0.717, 1.165) is 44.7 Å². The van der Waals surface area contributed by atoms with Crippen LogP contribution < -0.4 is 4.90 Å². The molecule has 2 aromatic heterocycles. The number of halogens is 1. The number of aryl methyl sites for hydroxylation is 1. The number of nitrogens with zero attached hydrogens (tertiary/aromatic N) is 3. The molecule has 0 saturated heterocycles. The molecule has 0 atom stereocenters. The predicted octanol–water partition coefficient (Wildman–Crippen LogP) is 5.87. The molecule has 4 aromatic rings. The second-order valence-electron chi connectivity index (χ2n) is 8.23. The third kappa shape index (κ3) is 5.34. The number of rotatable bonds is 5. The van der Waals surface area contributed by atoms with Crippen LogP contribution in [0.5, 0.6) is 0 Å². The van der Waals surface area contributed by atoms with Gasteiger partial charge in [-0.25, -0.2) is 9.97 Å². The molecule has 0 amide bonds. The van der Waals surface area contributed by atoms with E-state index >= 15 is 0 Å². The number of benzene rings is 2. The lowest BCUT2D eigenvalue weighted by molar-refractivity contribution is 0.298. The van der Waals surface area contributed by atoms with Crippen LogP contribution in [0.4, 0.5) is 5.82 Å². The number of anilines is 1. The summed E-state index contributed by atoms with van der Waals surface area (Å²) < 4.78 is 0. The fourth-order valence-electron chi connectivity index (χ4n) is 3.76. The number of pyridine rings is 2. The molecule has 2 heterocycles. The second-order valence-corrected chi connectivity index (χ2v) is 8.67. The van der Waals surface area contributed by atoms with Gasteiger partial charge in [0.05, 0.1) is 12.1 Å². The first kappa shape index (κ1) is 22.8. The first-order valence-electron chi connectivity index (χ1n) is 11.0.